The van der Waals surface area contributed by atoms with Crippen molar-refractivity contribution in [3.05, 3.63) is 52.4 Å². The third-order valence-corrected chi connectivity index (χ3v) is 4.83. The predicted molar refractivity (Wildman–Crippen MR) is 94.3 cm³/mol. The van der Waals surface area contributed by atoms with Crippen LogP contribution >= 0.6 is 11.6 Å². The van der Waals surface area contributed by atoms with Gasteiger partial charge in [0.1, 0.15) is 16.8 Å². The van der Waals surface area contributed by atoms with Crippen LogP contribution < -0.4 is 4.90 Å². The van der Waals surface area contributed by atoms with Crippen molar-refractivity contribution in [2.45, 2.75) is 19.5 Å². The molecular formula is C18H21ClN4O. The molecule has 2 aromatic rings. The molecule has 126 valence electrons. The summed E-state index contributed by atoms with van der Waals surface area (Å²) in [6, 6.07) is 10.5. The number of benzene rings is 1. The Labute approximate surface area is 147 Å². The number of hydrogen-bond donors (Lipinski definition) is 0. The van der Waals surface area contributed by atoms with E-state index in [0.717, 1.165) is 64.0 Å². The van der Waals surface area contributed by atoms with Crippen LogP contribution in [-0.4, -0.2) is 47.7 Å². The molecule has 0 spiro atoms. The molecule has 0 aliphatic carbocycles. The molecule has 1 aromatic carbocycles. The number of ether oxygens (including phenoxy) is 1. The fraction of sp³-hybridized carbons (Fsp3) is 0.444. The summed E-state index contributed by atoms with van der Waals surface area (Å²) in [6.07, 6.45) is 1.08. The van der Waals surface area contributed by atoms with Gasteiger partial charge >= 0.3 is 0 Å². The van der Waals surface area contributed by atoms with E-state index >= 15 is 0 Å². The van der Waals surface area contributed by atoms with Crippen LogP contribution in [0.3, 0.4) is 0 Å². The molecule has 0 bridgehead atoms. The number of rotatable bonds is 3. The van der Waals surface area contributed by atoms with Gasteiger partial charge in [-0.15, -0.1) is 0 Å². The molecule has 24 heavy (non-hydrogen) atoms. The average molecular weight is 345 g/mol. The zero-order valence-electron chi connectivity index (χ0n) is 13.6. The summed E-state index contributed by atoms with van der Waals surface area (Å²) in [4.78, 5) is 13.8. The highest BCUT2D eigenvalue weighted by Gasteiger charge is 2.19. The molecule has 2 aliphatic rings. The largest absolute Gasteiger partial charge is 0.378 e. The molecule has 0 N–H and O–H groups in total. The Kier molecular flexibility index (Phi) is 4.65. The summed E-state index contributed by atoms with van der Waals surface area (Å²) < 4.78 is 5.41. The van der Waals surface area contributed by atoms with Gasteiger partial charge in [-0.1, -0.05) is 35.9 Å². The standard InChI is InChI=1S/C18H21ClN4O/c19-16-11-18(23-7-9-24-10-8-23)21-17(20-16)13-22-6-5-14-3-1-2-4-15(14)12-22/h1-4,11H,5-10,12-13H2. The van der Waals surface area contributed by atoms with Crippen molar-refractivity contribution in [3.8, 4) is 0 Å². The van der Waals surface area contributed by atoms with Crippen LogP contribution in [0.4, 0.5) is 5.82 Å². The molecule has 4 rings (SSSR count). The van der Waals surface area contributed by atoms with Crippen molar-refractivity contribution in [3.63, 3.8) is 0 Å². The SMILES string of the molecule is Clc1cc(N2CCOCC2)nc(CN2CCc3ccccc3C2)n1. The lowest BCUT2D eigenvalue weighted by atomic mass is 10.00. The Balaban J connectivity index is 1.49. The lowest BCUT2D eigenvalue weighted by Crippen LogP contribution is -2.37. The molecule has 2 aliphatic heterocycles. The topological polar surface area (TPSA) is 41.5 Å². The molecule has 0 unspecified atom stereocenters. The van der Waals surface area contributed by atoms with E-state index in [0.29, 0.717) is 5.15 Å². The minimum absolute atomic E-state index is 0.513. The number of nitrogens with zero attached hydrogens (tertiary/aromatic N) is 4. The first kappa shape index (κ1) is 15.8. The van der Waals surface area contributed by atoms with E-state index < -0.39 is 0 Å². The first-order valence-corrected chi connectivity index (χ1v) is 8.81. The zero-order valence-corrected chi connectivity index (χ0v) is 14.4. The van der Waals surface area contributed by atoms with E-state index in [9.17, 15) is 0 Å². The number of fused-ring (bicyclic) bond motifs is 1. The Hall–Kier alpha value is -1.69. The molecule has 3 heterocycles. The maximum absolute atomic E-state index is 6.24. The van der Waals surface area contributed by atoms with E-state index in [1.165, 1.54) is 11.1 Å². The molecular weight excluding hydrogens is 324 g/mol. The van der Waals surface area contributed by atoms with Gasteiger partial charge in [-0.2, -0.15) is 0 Å². The summed E-state index contributed by atoms with van der Waals surface area (Å²) in [5.41, 5.74) is 2.86. The lowest BCUT2D eigenvalue weighted by Gasteiger charge is -2.30. The Morgan fingerprint density at radius 1 is 1.04 bits per heavy atom. The van der Waals surface area contributed by atoms with Crippen LogP contribution in [-0.2, 0) is 24.2 Å². The normalized spacial score (nSPS) is 18.5. The van der Waals surface area contributed by atoms with Gasteiger partial charge in [-0.25, -0.2) is 9.97 Å². The van der Waals surface area contributed by atoms with E-state index in [-0.39, 0.29) is 0 Å². The molecule has 1 aromatic heterocycles. The smallest absolute Gasteiger partial charge is 0.146 e. The van der Waals surface area contributed by atoms with Crippen molar-refractivity contribution in [2.75, 3.05) is 37.7 Å². The van der Waals surface area contributed by atoms with Gasteiger partial charge in [-0.3, -0.25) is 4.90 Å². The van der Waals surface area contributed by atoms with Gasteiger partial charge < -0.3 is 9.64 Å². The van der Waals surface area contributed by atoms with Crippen LogP contribution in [0, 0.1) is 0 Å². The maximum atomic E-state index is 6.24. The molecule has 0 saturated carbocycles. The Morgan fingerprint density at radius 2 is 1.83 bits per heavy atom. The predicted octanol–water partition coefficient (Wildman–Crippen LogP) is 2.52. The second-order valence-electron chi connectivity index (χ2n) is 6.29. The van der Waals surface area contributed by atoms with Gasteiger partial charge in [-0.05, 0) is 17.5 Å². The second kappa shape index (κ2) is 7.05. The first-order chi connectivity index (χ1) is 11.8. The van der Waals surface area contributed by atoms with E-state index in [1.54, 1.807) is 0 Å². The summed E-state index contributed by atoms with van der Waals surface area (Å²) in [7, 11) is 0. The molecule has 1 saturated heterocycles. The van der Waals surface area contributed by atoms with E-state index in [2.05, 4.69) is 39.0 Å². The van der Waals surface area contributed by atoms with Crippen LogP contribution in [0.2, 0.25) is 5.15 Å². The minimum atomic E-state index is 0.513. The van der Waals surface area contributed by atoms with Crippen LogP contribution in [0.15, 0.2) is 30.3 Å². The van der Waals surface area contributed by atoms with Crippen molar-refractivity contribution < 1.29 is 4.74 Å². The van der Waals surface area contributed by atoms with Gasteiger partial charge in [0.05, 0.1) is 19.8 Å². The molecule has 0 radical (unpaired) electrons. The first-order valence-electron chi connectivity index (χ1n) is 8.43. The van der Waals surface area contributed by atoms with Gasteiger partial charge in [0.15, 0.2) is 0 Å². The monoisotopic (exact) mass is 344 g/mol. The summed E-state index contributed by atoms with van der Waals surface area (Å²) in [5, 5.41) is 0.513. The zero-order chi connectivity index (χ0) is 16.4. The second-order valence-corrected chi connectivity index (χ2v) is 6.68. The van der Waals surface area contributed by atoms with Gasteiger partial charge in [0.2, 0.25) is 0 Å². The molecule has 0 amide bonds. The van der Waals surface area contributed by atoms with Crippen LogP contribution in [0.1, 0.15) is 17.0 Å². The van der Waals surface area contributed by atoms with Gasteiger partial charge in [0, 0.05) is 32.2 Å². The van der Waals surface area contributed by atoms with Crippen LogP contribution in [0.5, 0.6) is 0 Å². The van der Waals surface area contributed by atoms with E-state index in [1.807, 2.05) is 6.07 Å². The summed E-state index contributed by atoms with van der Waals surface area (Å²) >= 11 is 6.24. The van der Waals surface area contributed by atoms with E-state index in [4.69, 9.17) is 21.3 Å². The fourth-order valence-electron chi connectivity index (χ4n) is 3.37. The molecule has 5 nitrogen and oxygen atoms in total. The number of anilines is 1. The highest BCUT2D eigenvalue weighted by Crippen LogP contribution is 2.22. The highest BCUT2D eigenvalue weighted by molar-refractivity contribution is 6.29. The Morgan fingerprint density at radius 3 is 2.67 bits per heavy atom. The number of aromatic nitrogens is 2. The third kappa shape index (κ3) is 3.53. The number of halogens is 1. The highest BCUT2D eigenvalue weighted by atomic mass is 35.5. The number of morpholine rings is 1. The third-order valence-electron chi connectivity index (χ3n) is 4.64. The molecule has 0 atom stereocenters. The maximum Gasteiger partial charge on any atom is 0.146 e. The van der Waals surface area contributed by atoms with Gasteiger partial charge in [0.25, 0.3) is 0 Å². The molecule has 6 heteroatoms. The van der Waals surface area contributed by atoms with Crippen LogP contribution in [0.25, 0.3) is 0 Å². The molecule has 1 fully saturated rings. The minimum Gasteiger partial charge on any atom is -0.378 e. The summed E-state index contributed by atoms with van der Waals surface area (Å²) in [6.45, 7) is 5.87. The van der Waals surface area contributed by atoms with Crippen molar-refractivity contribution in [2.24, 2.45) is 0 Å². The number of hydrogen-bond acceptors (Lipinski definition) is 5. The quantitative estimate of drug-likeness (QED) is 0.800. The van der Waals surface area contributed by atoms with Crippen molar-refractivity contribution in [1.29, 1.82) is 0 Å². The Bertz CT molecular complexity index is 718. The van der Waals surface area contributed by atoms with Crippen molar-refractivity contribution in [1.82, 2.24) is 14.9 Å². The summed E-state index contributed by atoms with van der Waals surface area (Å²) in [5.74, 6) is 1.70. The lowest BCUT2D eigenvalue weighted by molar-refractivity contribution is 0.122. The average Bonchev–Trinajstić information content (AvgIpc) is 2.62. The van der Waals surface area contributed by atoms with Crippen molar-refractivity contribution >= 4 is 17.4 Å². The fourth-order valence-corrected chi connectivity index (χ4v) is 3.56.